The van der Waals surface area contributed by atoms with Gasteiger partial charge in [-0.2, -0.15) is 0 Å². The largest absolute Gasteiger partial charge is 0.376 e. The molecule has 0 aromatic heterocycles. The van der Waals surface area contributed by atoms with E-state index in [1.54, 1.807) is 0 Å². The molecule has 1 aliphatic carbocycles. The van der Waals surface area contributed by atoms with Crippen LogP contribution in [0.25, 0.3) is 0 Å². The van der Waals surface area contributed by atoms with Crippen LogP contribution < -0.4 is 0 Å². The zero-order valence-electron chi connectivity index (χ0n) is 10.2. The Hall–Kier alpha value is -1.16. The molecule has 4 heteroatoms. The summed E-state index contributed by atoms with van der Waals surface area (Å²) in [5.41, 5.74) is 0. The summed E-state index contributed by atoms with van der Waals surface area (Å²) < 4.78 is 5.79. The zero-order valence-corrected chi connectivity index (χ0v) is 10.2. The molecule has 0 bridgehead atoms. The Balaban J connectivity index is 1.95. The van der Waals surface area contributed by atoms with Gasteiger partial charge < -0.3 is 4.74 Å². The van der Waals surface area contributed by atoms with E-state index >= 15 is 0 Å². The lowest BCUT2D eigenvalue weighted by Crippen LogP contribution is -2.45. The van der Waals surface area contributed by atoms with Crippen molar-refractivity contribution in [3.63, 3.8) is 0 Å². The average molecular weight is 237 g/mol. The summed E-state index contributed by atoms with van der Waals surface area (Å²) in [7, 11) is 0. The molecule has 0 spiro atoms. The highest BCUT2D eigenvalue weighted by Gasteiger charge is 2.39. The maximum atomic E-state index is 11.6. The third-order valence-electron chi connectivity index (χ3n) is 3.42. The second kappa shape index (κ2) is 5.45. The quantitative estimate of drug-likeness (QED) is 0.539. The highest BCUT2D eigenvalue weighted by Crippen LogP contribution is 2.29. The second-order valence-corrected chi connectivity index (χ2v) is 4.64. The number of hydrogen-bond donors (Lipinski definition) is 0. The van der Waals surface area contributed by atoms with Gasteiger partial charge >= 0.3 is 0 Å². The van der Waals surface area contributed by atoms with Gasteiger partial charge in [-0.15, -0.1) is 0 Å². The number of amides is 2. The van der Waals surface area contributed by atoms with E-state index in [0.717, 1.165) is 38.7 Å². The predicted molar refractivity (Wildman–Crippen MR) is 63.3 cm³/mol. The van der Waals surface area contributed by atoms with Crippen molar-refractivity contribution < 1.29 is 14.3 Å². The lowest BCUT2D eigenvalue weighted by molar-refractivity contribution is -0.142. The molecule has 94 valence electrons. The summed E-state index contributed by atoms with van der Waals surface area (Å²) in [6.45, 7) is 2.84. The highest BCUT2D eigenvalue weighted by molar-refractivity contribution is 6.13. The van der Waals surface area contributed by atoms with E-state index in [1.165, 1.54) is 17.1 Å². The van der Waals surface area contributed by atoms with Crippen molar-refractivity contribution in [2.75, 3.05) is 6.61 Å². The molecule has 0 aromatic carbocycles. The first-order valence-electron chi connectivity index (χ1n) is 6.41. The number of unbranched alkanes of at least 4 members (excludes halogenated alkanes) is 1. The van der Waals surface area contributed by atoms with E-state index in [9.17, 15) is 9.59 Å². The van der Waals surface area contributed by atoms with E-state index in [1.807, 2.05) is 0 Å². The minimum atomic E-state index is -0.189. The van der Waals surface area contributed by atoms with Crippen molar-refractivity contribution in [1.82, 2.24) is 4.90 Å². The Morgan fingerprint density at radius 2 is 2.00 bits per heavy atom. The summed E-state index contributed by atoms with van der Waals surface area (Å²) in [6.07, 6.45) is 7.71. The van der Waals surface area contributed by atoms with E-state index in [4.69, 9.17) is 4.74 Å². The number of rotatable bonds is 5. The number of carbonyl (C=O) groups excluding carboxylic acids is 2. The fourth-order valence-electron chi connectivity index (χ4n) is 2.51. The summed E-state index contributed by atoms with van der Waals surface area (Å²) in [6, 6.07) is -0.0538. The summed E-state index contributed by atoms with van der Waals surface area (Å²) >= 11 is 0. The van der Waals surface area contributed by atoms with Gasteiger partial charge in [-0.05, 0) is 25.7 Å². The first-order chi connectivity index (χ1) is 8.24. The van der Waals surface area contributed by atoms with Gasteiger partial charge in [-0.1, -0.05) is 13.3 Å². The minimum absolute atomic E-state index is 0.0364. The molecular weight excluding hydrogens is 218 g/mol. The molecule has 0 radical (unpaired) electrons. The Morgan fingerprint density at radius 3 is 2.65 bits per heavy atom. The molecule has 0 N–H and O–H groups in total. The molecular formula is C13H19NO3. The van der Waals surface area contributed by atoms with Gasteiger partial charge in [0.05, 0.1) is 12.1 Å². The van der Waals surface area contributed by atoms with Crippen LogP contribution in [0, 0.1) is 0 Å². The number of nitrogens with zero attached hydrogens (tertiary/aromatic N) is 1. The lowest BCUT2D eigenvalue weighted by Gasteiger charge is -2.27. The first-order valence-corrected chi connectivity index (χ1v) is 6.41. The number of imide groups is 1. The maximum Gasteiger partial charge on any atom is 0.253 e. The van der Waals surface area contributed by atoms with Crippen molar-refractivity contribution in [3.8, 4) is 0 Å². The van der Waals surface area contributed by atoms with Gasteiger partial charge in [0.15, 0.2) is 0 Å². The molecule has 0 aromatic rings. The van der Waals surface area contributed by atoms with Gasteiger partial charge in [0.25, 0.3) is 11.8 Å². The summed E-state index contributed by atoms with van der Waals surface area (Å²) in [4.78, 5) is 24.6. The molecule has 2 rings (SSSR count). The molecule has 1 heterocycles. The van der Waals surface area contributed by atoms with Crippen LogP contribution in [-0.2, 0) is 14.3 Å². The number of carbonyl (C=O) groups is 2. The van der Waals surface area contributed by atoms with Crippen molar-refractivity contribution in [3.05, 3.63) is 12.2 Å². The van der Waals surface area contributed by atoms with Crippen molar-refractivity contribution in [2.24, 2.45) is 0 Å². The molecule has 2 unspecified atom stereocenters. The maximum absolute atomic E-state index is 11.6. The Kier molecular flexibility index (Phi) is 3.94. The smallest absolute Gasteiger partial charge is 0.253 e. The summed E-state index contributed by atoms with van der Waals surface area (Å²) in [5, 5.41) is 0. The molecule has 17 heavy (non-hydrogen) atoms. The van der Waals surface area contributed by atoms with Gasteiger partial charge in [0, 0.05) is 18.8 Å². The Bertz CT molecular complexity index is 320. The molecule has 2 amide bonds. The molecule has 4 nitrogen and oxygen atoms in total. The third-order valence-corrected chi connectivity index (χ3v) is 3.42. The van der Waals surface area contributed by atoms with Crippen LogP contribution in [0.3, 0.4) is 0 Å². The average Bonchev–Trinajstić information content (AvgIpc) is 2.87. The van der Waals surface area contributed by atoms with Gasteiger partial charge in [0.2, 0.25) is 0 Å². The Labute approximate surface area is 102 Å². The van der Waals surface area contributed by atoms with E-state index in [0.29, 0.717) is 0 Å². The molecule has 1 fully saturated rings. The van der Waals surface area contributed by atoms with Gasteiger partial charge in [0.1, 0.15) is 0 Å². The van der Waals surface area contributed by atoms with Crippen molar-refractivity contribution in [2.45, 2.75) is 51.2 Å². The highest BCUT2D eigenvalue weighted by atomic mass is 16.5. The van der Waals surface area contributed by atoms with Gasteiger partial charge in [-0.3, -0.25) is 14.5 Å². The monoisotopic (exact) mass is 237 g/mol. The van der Waals surface area contributed by atoms with E-state index < -0.39 is 0 Å². The molecule has 2 atom stereocenters. The lowest BCUT2D eigenvalue weighted by atomic mass is 10.2. The fourth-order valence-corrected chi connectivity index (χ4v) is 2.51. The molecule has 1 aliphatic heterocycles. The number of ether oxygens (including phenoxy) is 1. The van der Waals surface area contributed by atoms with Crippen LogP contribution in [0.5, 0.6) is 0 Å². The Morgan fingerprint density at radius 1 is 1.29 bits per heavy atom. The van der Waals surface area contributed by atoms with Crippen molar-refractivity contribution in [1.29, 1.82) is 0 Å². The van der Waals surface area contributed by atoms with Crippen LogP contribution in [0.4, 0.5) is 0 Å². The standard InChI is InChI=1S/C13H19NO3/c1-2-3-9-17-11-6-4-5-10(11)14-12(15)7-8-13(14)16/h7-8,10-11H,2-6,9H2,1H3. The zero-order chi connectivity index (χ0) is 12.3. The number of hydrogen-bond acceptors (Lipinski definition) is 3. The first kappa shape index (κ1) is 12.3. The van der Waals surface area contributed by atoms with Gasteiger partial charge in [-0.25, -0.2) is 0 Å². The molecule has 0 saturated heterocycles. The van der Waals surface area contributed by atoms with E-state index in [-0.39, 0.29) is 24.0 Å². The fraction of sp³-hybridized carbons (Fsp3) is 0.692. The predicted octanol–water partition coefficient (Wildman–Crippen LogP) is 1.65. The minimum Gasteiger partial charge on any atom is -0.376 e. The normalized spacial score (nSPS) is 28.4. The SMILES string of the molecule is CCCCOC1CCCC1N1C(=O)C=CC1=O. The molecule has 2 aliphatic rings. The third kappa shape index (κ3) is 2.57. The molecule has 1 saturated carbocycles. The van der Waals surface area contributed by atoms with Crippen LogP contribution in [0.15, 0.2) is 12.2 Å². The van der Waals surface area contributed by atoms with Crippen LogP contribution >= 0.6 is 0 Å². The van der Waals surface area contributed by atoms with Crippen LogP contribution in [0.1, 0.15) is 39.0 Å². The van der Waals surface area contributed by atoms with Crippen LogP contribution in [-0.4, -0.2) is 35.5 Å². The van der Waals surface area contributed by atoms with Crippen LogP contribution in [0.2, 0.25) is 0 Å². The van der Waals surface area contributed by atoms with Crippen molar-refractivity contribution >= 4 is 11.8 Å². The summed E-state index contributed by atoms with van der Waals surface area (Å²) in [5.74, 6) is -0.378. The second-order valence-electron chi connectivity index (χ2n) is 4.64. The van der Waals surface area contributed by atoms with E-state index in [2.05, 4.69) is 6.92 Å². The topological polar surface area (TPSA) is 46.6 Å².